The van der Waals surface area contributed by atoms with Crippen molar-refractivity contribution in [2.24, 2.45) is 0 Å². The van der Waals surface area contributed by atoms with Crippen LogP contribution in [-0.4, -0.2) is 7.11 Å². The minimum atomic E-state index is 0.575. The van der Waals surface area contributed by atoms with Gasteiger partial charge in [-0.1, -0.05) is 48.5 Å². The lowest BCUT2D eigenvalue weighted by molar-refractivity contribution is 0.373. The SMILES string of the molecule is COc1ccc(-c2c(Cl)cc(NS)cc2Cl)cc1C1CCC1. The first kappa shape index (κ1) is 15.9. The van der Waals surface area contributed by atoms with Gasteiger partial charge in [0, 0.05) is 11.3 Å². The summed E-state index contributed by atoms with van der Waals surface area (Å²) in [5.74, 6) is 1.51. The van der Waals surface area contributed by atoms with Gasteiger partial charge in [-0.05, 0) is 54.2 Å². The monoisotopic (exact) mass is 353 g/mol. The molecule has 1 aliphatic carbocycles. The number of hydrogen-bond donors (Lipinski definition) is 2. The van der Waals surface area contributed by atoms with Gasteiger partial charge in [-0.3, -0.25) is 0 Å². The van der Waals surface area contributed by atoms with Gasteiger partial charge in [0.25, 0.3) is 0 Å². The van der Waals surface area contributed by atoms with Crippen LogP contribution in [0.1, 0.15) is 30.7 Å². The second kappa shape index (κ2) is 6.61. The van der Waals surface area contributed by atoms with Crippen molar-refractivity contribution in [1.29, 1.82) is 0 Å². The fraction of sp³-hybridized carbons (Fsp3) is 0.294. The number of anilines is 1. The molecule has 1 saturated carbocycles. The van der Waals surface area contributed by atoms with Crippen LogP contribution < -0.4 is 9.46 Å². The van der Waals surface area contributed by atoms with E-state index >= 15 is 0 Å². The number of rotatable bonds is 4. The van der Waals surface area contributed by atoms with Gasteiger partial charge in [0.05, 0.1) is 17.2 Å². The lowest BCUT2D eigenvalue weighted by Crippen LogP contribution is -2.10. The molecule has 3 rings (SSSR count). The van der Waals surface area contributed by atoms with Crippen molar-refractivity contribution >= 4 is 41.7 Å². The van der Waals surface area contributed by atoms with Crippen molar-refractivity contribution in [3.8, 4) is 16.9 Å². The van der Waals surface area contributed by atoms with Crippen LogP contribution in [0.4, 0.5) is 5.69 Å². The van der Waals surface area contributed by atoms with E-state index in [0.717, 1.165) is 22.6 Å². The zero-order valence-electron chi connectivity index (χ0n) is 12.2. The first-order valence-electron chi connectivity index (χ1n) is 7.21. The third-order valence-corrected chi connectivity index (χ3v) is 5.09. The zero-order valence-corrected chi connectivity index (χ0v) is 14.6. The third kappa shape index (κ3) is 2.90. The highest BCUT2D eigenvalue weighted by Gasteiger charge is 2.24. The van der Waals surface area contributed by atoms with Gasteiger partial charge in [-0.25, -0.2) is 0 Å². The number of nitrogens with one attached hydrogen (secondary N) is 1. The van der Waals surface area contributed by atoms with Gasteiger partial charge in [0.15, 0.2) is 0 Å². The van der Waals surface area contributed by atoms with E-state index in [4.69, 9.17) is 27.9 Å². The molecule has 0 spiro atoms. The number of ether oxygens (including phenoxy) is 1. The molecule has 116 valence electrons. The molecule has 1 N–H and O–H groups in total. The Bertz CT molecular complexity index is 678. The molecule has 0 atom stereocenters. The maximum absolute atomic E-state index is 6.41. The van der Waals surface area contributed by atoms with Crippen LogP contribution in [-0.2, 0) is 0 Å². The van der Waals surface area contributed by atoms with Crippen LogP contribution in [0.5, 0.6) is 5.75 Å². The lowest BCUT2D eigenvalue weighted by atomic mass is 9.79. The molecule has 1 aliphatic rings. The summed E-state index contributed by atoms with van der Waals surface area (Å²) in [5.41, 5.74) is 3.88. The number of hydrogen-bond acceptors (Lipinski definition) is 3. The first-order valence-corrected chi connectivity index (χ1v) is 8.41. The Morgan fingerprint density at radius 1 is 1.14 bits per heavy atom. The summed E-state index contributed by atoms with van der Waals surface area (Å²) < 4.78 is 8.26. The first-order chi connectivity index (χ1) is 10.6. The Labute approximate surface area is 146 Å². The van der Waals surface area contributed by atoms with Crippen molar-refractivity contribution in [3.63, 3.8) is 0 Å². The van der Waals surface area contributed by atoms with E-state index in [0.29, 0.717) is 16.0 Å². The number of halogens is 2. The second-order valence-electron chi connectivity index (χ2n) is 5.51. The van der Waals surface area contributed by atoms with E-state index in [2.05, 4.69) is 23.6 Å². The number of benzene rings is 2. The standard InChI is InChI=1S/C17H17Cl2NOS/c1-21-16-6-5-11(7-13(16)10-3-2-4-10)17-14(18)8-12(20-22)9-15(17)19/h5-10,20,22H,2-4H2,1H3. The highest BCUT2D eigenvalue weighted by atomic mass is 35.5. The molecule has 0 aromatic heterocycles. The van der Waals surface area contributed by atoms with Crippen LogP contribution in [0, 0.1) is 0 Å². The Balaban J connectivity index is 2.09. The predicted molar refractivity (Wildman–Crippen MR) is 97.7 cm³/mol. The largest absolute Gasteiger partial charge is 0.496 e. The average Bonchev–Trinajstić information content (AvgIpc) is 2.45. The lowest BCUT2D eigenvalue weighted by Gasteiger charge is -2.28. The summed E-state index contributed by atoms with van der Waals surface area (Å²) in [6.45, 7) is 0. The van der Waals surface area contributed by atoms with Crippen molar-refractivity contribution in [1.82, 2.24) is 0 Å². The molecule has 0 aliphatic heterocycles. The van der Waals surface area contributed by atoms with E-state index in [1.54, 1.807) is 7.11 Å². The van der Waals surface area contributed by atoms with Crippen LogP contribution >= 0.6 is 36.0 Å². The van der Waals surface area contributed by atoms with Crippen molar-refractivity contribution in [2.45, 2.75) is 25.2 Å². The third-order valence-electron chi connectivity index (χ3n) is 4.23. The summed E-state index contributed by atoms with van der Waals surface area (Å²) in [6, 6.07) is 9.80. The van der Waals surface area contributed by atoms with Gasteiger partial charge >= 0.3 is 0 Å². The molecular formula is C17H17Cl2NOS. The van der Waals surface area contributed by atoms with E-state index in [1.807, 2.05) is 24.3 Å². The Morgan fingerprint density at radius 2 is 1.82 bits per heavy atom. The van der Waals surface area contributed by atoms with Crippen LogP contribution in [0.15, 0.2) is 30.3 Å². The second-order valence-corrected chi connectivity index (χ2v) is 6.55. The Morgan fingerprint density at radius 3 is 2.32 bits per heavy atom. The van der Waals surface area contributed by atoms with Gasteiger partial charge in [-0.15, -0.1) is 0 Å². The molecule has 0 heterocycles. The summed E-state index contributed by atoms with van der Waals surface area (Å²) >= 11 is 16.9. The van der Waals surface area contributed by atoms with Gasteiger partial charge in [0.1, 0.15) is 5.75 Å². The fourth-order valence-corrected chi connectivity index (χ4v) is 3.68. The number of methoxy groups -OCH3 is 1. The van der Waals surface area contributed by atoms with Crippen molar-refractivity contribution in [2.75, 3.05) is 11.8 Å². The van der Waals surface area contributed by atoms with Crippen LogP contribution in [0.3, 0.4) is 0 Å². The van der Waals surface area contributed by atoms with E-state index in [1.165, 1.54) is 24.8 Å². The minimum absolute atomic E-state index is 0.575. The molecule has 5 heteroatoms. The Hall–Kier alpha value is -1.03. The summed E-state index contributed by atoms with van der Waals surface area (Å²) in [5, 5.41) is 1.21. The fourth-order valence-electron chi connectivity index (χ4n) is 2.84. The molecule has 0 radical (unpaired) electrons. The quantitative estimate of drug-likeness (QED) is 0.639. The molecule has 2 nitrogen and oxygen atoms in total. The summed E-state index contributed by atoms with van der Waals surface area (Å²) in [7, 11) is 1.71. The molecular weight excluding hydrogens is 337 g/mol. The van der Waals surface area contributed by atoms with Crippen LogP contribution in [0.25, 0.3) is 11.1 Å². The molecule has 0 saturated heterocycles. The molecule has 2 aromatic rings. The smallest absolute Gasteiger partial charge is 0.122 e. The topological polar surface area (TPSA) is 21.3 Å². The van der Waals surface area contributed by atoms with E-state index < -0.39 is 0 Å². The molecule has 0 bridgehead atoms. The highest BCUT2D eigenvalue weighted by Crippen LogP contribution is 2.44. The Kier molecular flexibility index (Phi) is 4.76. The van der Waals surface area contributed by atoms with E-state index in [9.17, 15) is 0 Å². The van der Waals surface area contributed by atoms with Crippen molar-refractivity contribution < 1.29 is 4.74 Å². The molecule has 1 fully saturated rings. The molecule has 0 amide bonds. The van der Waals surface area contributed by atoms with E-state index in [-0.39, 0.29) is 0 Å². The van der Waals surface area contributed by atoms with Crippen molar-refractivity contribution in [3.05, 3.63) is 45.9 Å². The minimum Gasteiger partial charge on any atom is -0.496 e. The summed E-state index contributed by atoms with van der Waals surface area (Å²) in [4.78, 5) is 0. The van der Waals surface area contributed by atoms with Gasteiger partial charge in [-0.2, -0.15) is 0 Å². The van der Waals surface area contributed by atoms with Gasteiger partial charge in [0.2, 0.25) is 0 Å². The molecule has 22 heavy (non-hydrogen) atoms. The van der Waals surface area contributed by atoms with Gasteiger partial charge < -0.3 is 9.46 Å². The maximum Gasteiger partial charge on any atom is 0.122 e. The number of thiol groups is 1. The highest BCUT2D eigenvalue weighted by molar-refractivity contribution is 7.81. The maximum atomic E-state index is 6.41. The predicted octanol–water partition coefficient (Wildman–Crippen LogP) is 6.19. The molecule has 0 unspecified atom stereocenters. The molecule has 2 aromatic carbocycles. The zero-order chi connectivity index (χ0) is 15.7. The average molecular weight is 354 g/mol. The normalized spacial score (nSPS) is 14.5. The van der Waals surface area contributed by atoms with Crippen LogP contribution in [0.2, 0.25) is 10.0 Å². The summed E-state index contributed by atoms with van der Waals surface area (Å²) in [6.07, 6.45) is 3.70.